The van der Waals surface area contributed by atoms with E-state index in [1.165, 1.54) is 9.08 Å². The fraction of sp³-hybridized carbons (Fsp3) is 0.333. The summed E-state index contributed by atoms with van der Waals surface area (Å²) in [7, 11) is 0. The maximum atomic E-state index is 11.7. The standard InChI is InChI=1S/C9H11N3O2/c1-7(13)6-11-4-5-12-8(9(11)14)2-3-10-12/h2-5,7,13H,6H2,1H3/t7-/m1/s1. The third-order valence-corrected chi connectivity index (χ3v) is 2.00. The van der Waals surface area contributed by atoms with Gasteiger partial charge in [0.1, 0.15) is 5.52 Å². The van der Waals surface area contributed by atoms with Crippen LogP contribution in [-0.2, 0) is 6.54 Å². The molecule has 0 aliphatic heterocycles. The number of hydrogen-bond donors (Lipinski definition) is 1. The molecule has 1 atom stereocenters. The number of nitrogens with zero attached hydrogens (tertiary/aromatic N) is 3. The molecule has 0 aliphatic rings. The van der Waals surface area contributed by atoms with E-state index in [-0.39, 0.29) is 5.56 Å². The second-order valence-electron chi connectivity index (χ2n) is 3.27. The van der Waals surface area contributed by atoms with Crippen molar-refractivity contribution in [1.29, 1.82) is 0 Å². The fourth-order valence-electron chi connectivity index (χ4n) is 1.39. The van der Waals surface area contributed by atoms with Gasteiger partial charge in [-0.15, -0.1) is 0 Å². The van der Waals surface area contributed by atoms with Gasteiger partial charge < -0.3 is 9.67 Å². The molecule has 14 heavy (non-hydrogen) atoms. The first kappa shape index (κ1) is 8.96. The molecule has 0 spiro atoms. The maximum Gasteiger partial charge on any atom is 0.276 e. The third-order valence-electron chi connectivity index (χ3n) is 2.00. The highest BCUT2D eigenvalue weighted by molar-refractivity contribution is 5.42. The van der Waals surface area contributed by atoms with Crippen LogP contribution in [0.15, 0.2) is 29.5 Å². The smallest absolute Gasteiger partial charge is 0.276 e. The number of aliphatic hydroxyl groups excluding tert-OH is 1. The van der Waals surface area contributed by atoms with E-state index < -0.39 is 6.10 Å². The van der Waals surface area contributed by atoms with Crippen molar-refractivity contribution < 1.29 is 5.11 Å². The van der Waals surface area contributed by atoms with Crippen LogP contribution < -0.4 is 5.56 Å². The normalized spacial score (nSPS) is 13.3. The Morgan fingerprint density at radius 2 is 2.36 bits per heavy atom. The highest BCUT2D eigenvalue weighted by Gasteiger charge is 2.04. The summed E-state index contributed by atoms with van der Waals surface area (Å²) in [4.78, 5) is 11.7. The Morgan fingerprint density at radius 1 is 1.57 bits per heavy atom. The van der Waals surface area contributed by atoms with E-state index >= 15 is 0 Å². The van der Waals surface area contributed by atoms with E-state index in [1.807, 2.05) is 0 Å². The largest absolute Gasteiger partial charge is 0.392 e. The summed E-state index contributed by atoms with van der Waals surface area (Å²) in [6.07, 6.45) is 4.36. The third kappa shape index (κ3) is 1.42. The average Bonchev–Trinajstić information content (AvgIpc) is 2.57. The number of rotatable bonds is 2. The van der Waals surface area contributed by atoms with Crippen molar-refractivity contribution >= 4 is 5.52 Å². The minimum atomic E-state index is -0.530. The van der Waals surface area contributed by atoms with Crippen molar-refractivity contribution in [3.63, 3.8) is 0 Å². The predicted octanol–water partition coefficient (Wildman–Crippen LogP) is -0.123. The molecule has 0 bridgehead atoms. The summed E-state index contributed by atoms with van der Waals surface area (Å²) in [5, 5.41) is 13.1. The first-order valence-electron chi connectivity index (χ1n) is 4.39. The molecule has 0 amide bonds. The van der Waals surface area contributed by atoms with Crippen LogP contribution in [0.3, 0.4) is 0 Å². The molecule has 2 rings (SSSR count). The maximum absolute atomic E-state index is 11.7. The van der Waals surface area contributed by atoms with Crippen LogP contribution in [0.25, 0.3) is 5.52 Å². The minimum absolute atomic E-state index is 0.133. The lowest BCUT2D eigenvalue weighted by molar-refractivity contribution is 0.172. The van der Waals surface area contributed by atoms with Crippen LogP contribution in [0.1, 0.15) is 6.92 Å². The van der Waals surface area contributed by atoms with E-state index in [0.29, 0.717) is 12.1 Å². The summed E-state index contributed by atoms with van der Waals surface area (Å²) in [6, 6.07) is 1.65. The molecule has 0 fully saturated rings. The summed E-state index contributed by atoms with van der Waals surface area (Å²) < 4.78 is 2.99. The summed E-state index contributed by atoms with van der Waals surface area (Å²) >= 11 is 0. The molecule has 2 aromatic heterocycles. The molecule has 5 nitrogen and oxygen atoms in total. The number of aromatic nitrogens is 3. The lowest BCUT2D eigenvalue weighted by Crippen LogP contribution is -2.25. The van der Waals surface area contributed by atoms with Gasteiger partial charge in [0.25, 0.3) is 5.56 Å². The van der Waals surface area contributed by atoms with Gasteiger partial charge in [0.05, 0.1) is 18.8 Å². The second kappa shape index (κ2) is 3.26. The van der Waals surface area contributed by atoms with E-state index in [2.05, 4.69) is 5.10 Å². The molecule has 0 aromatic carbocycles. The van der Waals surface area contributed by atoms with Crippen LogP contribution in [0.2, 0.25) is 0 Å². The van der Waals surface area contributed by atoms with Gasteiger partial charge in [0.15, 0.2) is 0 Å². The Hall–Kier alpha value is -1.62. The van der Waals surface area contributed by atoms with Gasteiger partial charge in [-0.2, -0.15) is 5.10 Å². The summed E-state index contributed by atoms with van der Waals surface area (Å²) in [6.45, 7) is 1.95. The van der Waals surface area contributed by atoms with Crippen LogP contribution in [0, 0.1) is 0 Å². The zero-order chi connectivity index (χ0) is 10.1. The number of aliphatic hydroxyl groups is 1. The fourth-order valence-corrected chi connectivity index (χ4v) is 1.39. The highest BCUT2D eigenvalue weighted by Crippen LogP contribution is 1.95. The molecule has 2 heterocycles. The quantitative estimate of drug-likeness (QED) is 0.723. The van der Waals surface area contributed by atoms with Crippen LogP contribution >= 0.6 is 0 Å². The highest BCUT2D eigenvalue weighted by atomic mass is 16.3. The van der Waals surface area contributed by atoms with Crippen molar-refractivity contribution in [2.45, 2.75) is 19.6 Å². The van der Waals surface area contributed by atoms with Gasteiger partial charge in [-0.1, -0.05) is 0 Å². The first-order chi connectivity index (χ1) is 6.68. The molecule has 1 N–H and O–H groups in total. The van der Waals surface area contributed by atoms with Gasteiger partial charge in [-0.05, 0) is 13.0 Å². The van der Waals surface area contributed by atoms with Crippen LogP contribution in [-0.4, -0.2) is 25.4 Å². The first-order valence-corrected chi connectivity index (χ1v) is 4.39. The van der Waals surface area contributed by atoms with Gasteiger partial charge in [-0.25, -0.2) is 4.52 Å². The second-order valence-corrected chi connectivity index (χ2v) is 3.27. The SMILES string of the molecule is C[C@@H](O)Cn1ccn2nccc2c1=O. The van der Waals surface area contributed by atoms with E-state index in [9.17, 15) is 9.90 Å². The number of fused-ring (bicyclic) bond motifs is 1. The Kier molecular flexibility index (Phi) is 2.09. The van der Waals surface area contributed by atoms with E-state index in [1.54, 1.807) is 31.6 Å². The van der Waals surface area contributed by atoms with Crippen LogP contribution in [0.5, 0.6) is 0 Å². The van der Waals surface area contributed by atoms with Crippen molar-refractivity contribution in [3.05, 3.63) is 35.0 Å². The monoisotopic (exact) mass is 193 g/mol. The summed E-state index contributed by atoms with van der Waals surface area (Å²) in [5.41, 5.74) is 0.388. The molecule has 0 saturated heterocycles. The number of hydrogen-bond acceptors (Lipinski definition) is 3. The zero-order valence-corrected chi connectivity index (χ0v) is 7.79. The molecule has 5 heteroatoms. The molecule has 74 valence electrons. The van der Waals surface area contributed by atoms with Crippen LogP contribution in [0.4, 0.5) is 0 Å². The predicted molar refractivity (Wildman–Crippen MR) is 51.1 cm³/mol. The average molecular weight is 193 g/mol. The Balaban J connectivity index is 2.57. The zero-order valence-electron chi connectivity index (χ0n) is 7.79. The lowest BCUT2D eigenvalue weighted by Gasteiger charge is -2.07. The van der Waals surface area contributed by atoms with Gasteiger partial charge in [0.2, 0.25) is 0 Å². The van der Waals surface area contributed by atoms with E-state index in [0.717, 1.165) is 0 Å². The lowest BCUT2D eigenvalue weighted by atomic mass is 10.4. The van der Waals surface area contributed by atoms with Crippen molar-refractivity contribution in [1.82, 2.24) is 14.2 Å². The molecular formula is C9H11N3O2. The van der Waals surface area contributed by atoms with Gasteiger partial charge >= 0.3 is 0 Å². The topological polar surface area (TPSA) is 59.5 Å². The van der Waals surface area contributed by atoms with Gasteiger partial charge in [0, 0.05) is 12.4 Å². The Labute approximate surface area is 80.2 Å². The molecule has 0 radical (unpaired) electrons. The Bertz CT molecular complexity index is 498. The van der Waals surface area contributed by atoms with Crippen molar-refractivity contribution in [3.8, 4) is 0 Å². The Morgan fingerprint density at radius 3 is 3.07 bits per heavy atom. The molecule has 0 unspecified atom stereocenters. The minimum Gasteiger partial charge on any atom is -0.392 e. The molecule has 2 aromatic rings. The van der Waals surface area contributed by atoms with E-state index in [4.69, 9.17) is 0 Å². The van der Waals surface area contributed by atoms with Crippen molar-refractivity contribution in [2.75, 3.05) is 0 Å². The summed E-state index contributed by atoms with van der Waals surface area (Å²) in [5.74, 6) is 0. The molecular weight excluding hydrogens is 182 g/mol. The molecule has 0 saturated carbocycles. The molecule has 0 aliphatic carbocycles. The van der Waals surface area contributed by atoms with Gasteiger partial charge in [-0.3, -0.25) is 4.79 Å². The van der Waals surface area contributed by atoms with Crippen molar-refractivity contribution in [2.24, 2.45) is 0 Å².